The van der Waals surface area contributed by atoms with Gasteiger partial charge in [0, 0.05) is 13.0 Å². The van der Waals surface area contributed by atoms with E-state index in [0.717, 1.165) is 11.0 Å². The minimum absolute atomic E-state index is 0.272. The molecule has 1 N–H and O–H groups in total. The van der Waals surface area contributed by atoms with Crippen LogP contribution in [0.1, 0.15) is 6.42 Å². The van der Waals surface area contributed by atoms with Crippen molar-refractivity contribution in [1.29, 1.82) is 5.26 Å². The second-order valence-electron chi connectivity index (χ2n) is 3.34. The van der Waals surface area contributed by atoms with Crippen LogP contribution < -0.4 is 5.32 Å². The Labute approximate surface area is 92.3 Å². The number of carbonyl (C=O) groups is 1. The maximum atomic E-state index is 11.1. The van der Waals surface area contributed by atoms with Crippen LogP contribution in [0.15, 0.2) is 30.6 Å². The molecule has 0 atom stereocenters. The molecule has 5 heteroatoms. The molecule has 0 unspecified atom stereocenters. The van der Waals surface area contributed by atoms with Crippen LogP contribution in [-0.2, 0) is 11.3 Å². The number of carbonyl (C=O) groups excluding carboxylic acids is 1. The van der Waals surface area contributed by atoms with Gasteiger partial charge < -0.3 is 4.57 Å². The van der Waals surface area contributed by atoms with Gasteiger partial charge in [-0.25, -0.2) is 4.98 Å². The number of aryl methyl sites for hydroxylation is 1. The highest BCUT2D eigenvalue weighted by molar-refractivity contribution is 5.78. The first-order valence-corrected chi connectivity index (χ1v) is 4.89. The lowest BCUT2D eigenvalue weighted by Gasteiger charge is -2.02. The van der Waals surface area contributed by atoms with Crippen molar-refractivity contribution in [2.45, 2.75) is 13.0 Å². The highest BCUT2D eigenvalue weighted by atomic mass is 16.1. The van der Waals surface area contributed by atoms with Gasteiger partial charge in [0.25, 0.3) is 0 Å². The molecule has 0 bridgehead atoms. The maximum absolute atomic E-state index is 11.1. The number of benzene rings is 1. The summed E-state index contributed by atoms with van der Waals surface area (Å²) in [5.74, 6) is -0.278. The molecule has 0 radical (unpaired) electrons. The Kier molecular flexibility index (Phi) is 2.83. The van der Waals surface area contributed by atoms with E-state index >= 15 is 0 Å². The first-order chi connectivity index (χ1) is 7.81. The third-order valence-electron chi connectivity index (χ3n) is 2.30. The summed E-state index contributed by atoms with van der Waals surface area (Å²) in [5.41, 5.74) is 1.90. The van der Waals surface area contributed by atoms with Crippen LogP contribution in [0.5, 0.6) is 0 Å². The third-order valence-corrected chi connectivity index (χ3v) is 2.30. The molecule has 1 aromatic carbocycles. The number of para-hydroxylation sites is 2. The van der Waals surface area contributed by atoms with Crippen LogP contribution in [0, 0.1) is 11.5 Å². The number of hydrogen-bond acceptors (Lipinski definition) is 3. The van der Waals surface area contributed by atoms with E-state index in [1.165, 1.54) is 0 Å². The number of fused-ring (bicyclic) bond motifs is 1. The molecule has 0 aliphatic heterocycles. The summed E-state index contributed by atoms with van der Waals surface area (Å²) in [5, 5.41) is 10.4. The Balaban J connectivity index is 2.11. The van der Waals surface area contributed by atoms with Crippen LogP contribution in [-0.4, -0.2) is 15.5 Å². The first-order valence-electron chi connectivity index (χ1n) is 4.89. The van der Waals surface area contributed by atoms with E-state index in [9.17, 15) is 4.79 Å². The van der Waals surface area contributed by atoms with Crippen molar-refractivity contribution >= 4 is 16.9 Å². The van der Waals surface area contributed by atoms with Crippen LogP contribution in [0.4, 0.5) is 0 Å². The number of nitrogens with zero attached hydrogens (tertiary/aromatic N) is 3. The Morgan fingerprint density at radius 1 is 1.50 bits per heavy atom. The zero-order chi connectivity index (χ0) is 11.4. The molecule has 80 valence electrons. The lowest BCUT2D eigenvalue weighted by atomic mass is 10.3. The lowest BCUT2D eigenvalue weighted by molar-refractivity contribution is -0.120. The number of imidazole rings is 1. The molecule has 2 aromatic rings. The maximum Gasteiger partial charge on any atom is 0.234 e. The van der Waals surface area contributed by atoms with E-state index in [-0.39, 0.29) is 12.3 Å². The Morgan fingerprint density at radius 3 is 3.12 bits per heavy atom. The van der Waals surface area contributed by atoms with Crippen LogP contribution in [0.25, 0.3) is 11.0 Å². The monoisotopic (exact) mass is 214 g/mol. The average molecular weight is 214 g/mol. The van der Waals surface area contributed by atoms with E-state index in [0.29, 0.717) is 6.54 Å². The summed E-state index contributed by atoms with van der Waals surface area (Å²) in [4.78, 5) is 15.3. The van der Waals surface area contributed by atoms with Gasteiger partial charge in [-0.3, -0.25) is 10.1 Å². The van der Waals surface area contributed by atoms with Crippen LogP contribution >= 0.6 is 0 Å². The van der Waals surface area contributed by atoms with Gasteiger partial charge in [-0.2, -0.15) is 5.26 Å². The molecule has 5 nitrogen and oxygen atoms in total. The van der Waals surface area contributed by atoms with Crippen LogP contribution in [0.3, 0.4) is 0 Å². The topological polar surface area (TPSA) is 70.7 Å². The molecular formula is C11H10N4O. The van der Waals surface area contributed by atoms with Gasteiger partial charge in [0.2, 0.25) is 5.91 Å². The van der Waals surface area contributed by atoms with E-state index in [2.05, 4.69) is 10.3 Å². The molecule has 16 heavy (non-hydrogen) atoms. The SMILES string of the molecule is N#CNC(=O)CCn1cnc2ccccc21. The van der Waals surface area contributed by atoms with E-state index < -0.39 is 0 Å². The van der Waals surface area contributed by atoms with Gasteiger partial charge >= 0.3 is 0 Å². The number of rotatable bonds is 3. The highest BCUT2D eigenvalue weighted by Crippen LogP contribution is 2.11. The number of hydrogen-bond donors (Lipinski definition) is 1. The van der Waals surface area contributed by atoms with Gasteiger partial charge in [0.15, 0.2) is 6.19 Å². The molecule has 1 amide bonds. The van der Waals surface area contributed by atoms with Gasteiger partial charge in [-0.05, 0) is 12.1 Å². The number of aromatic nitrogens is 2. The highest BCUT2D eigenvalue weighted by Gasteiger charge is 2.04. The normalized spacial score (nSPS) is 9.94. The predicted octanol–water partition coefficient (Wildman–Crippen LogP) is 1.02. The zero-order valence-electron chi connectivity index (χ0n) is 8.55. The van der Waals surface area contributed by atoms with Gasteiger partial charge in [0.05, 0.1) is 17.4 Å². The quantitative estimate of drug-likeness (QED) is 0.612. The second kappa shape index (κ2) is 4.45. The number of amides is 1. The fourth-order valence-corrected chi connectivity index (χ4v) is 1.54. The van der Waals surface area contributed by atoms with Crippen molar-refractivity contribution in [2.24, 2.45) is 0 Å². The summed E-state index contributed by atoms with van der Waals surface area (Å²) in [6.07, 6.45) is 3.58. The predicted molar refractivity (Wildman–Crippen MR) is 58.1 cm³/mol. The molecule has 1 heterocycles. The molecule has 0 saturated heterocycles. The molecule has 0 aliphatic rings. The first kappa shape index (κ1) is 10.2. The van der Waals surface area contributed by atoms with Crippen molar-refractivity contribution in [3.8, 4) is 6.19 Å². The summed E-state index contributed by atoms with van der Waals surface area (Å²) in [6, 6.07) is 7.71. The van der Waals surface area contributed by atoms with E-state index in [1.807, 2.05) is 28.8 Å². The fourth-order valence-electron chi connectivity index (χ4n) is 1.54. The number of nitriles is 1. The summed E-state index contributed by atoms with van der Waals surface area (Å²) in [6.45, 7) is 0.522. The Bertz CT molecular complexity index is 552. The minimum Gasteiger partial charge on any atom is -0.330 e. The summed E-state index contributed by atoms with van der Waals surface area (Å²) < 4.78 is 1.90. The Morgan fingerprint density at radius 2 is 2.31 bits per heavy atom. The second-order valence-corrected chi connectivity index (χ2v) is 3.34. The Hall–Kier alpha value is -2.35. The van der Waals surface area contributed by atoms with Crippen molar-refractivity contribution in [1.82, 2.24) is 14.9 Å². The van der Waals surface area contributed by atoms with Gasteiger partial charge in [-0.1, -0.05) is 12.1 Å². The summed E-state index contributed by atoms with van der Waals surface area (Å²) >= 11 is 0. The molecule has 0 spiro atoms. The van der Waals surface area contributed by atoms with E-state index in [1.54, 1.807) is 12.5 Å². The van der Waals surface area contributed by atoms with Crippen molar-refractivity contribution < 1.29 is 4.79 Å². The number of nitrogens with one attached hydrogen (secondary N) is 1. The molecule has 1 aromatic heterocycles. The zero-order valence-corrected chi connectivity index (χ0v) is 8.55. The average Bonchev–Trinajstić information content (AvgIpc) is 2.70. The lowest BCUT2D eigenvalue weighted by Crippen LogP contribution is -2.18. The van der Waals surface area contributed by atoms with Gasteiger partial charge in [0.1, 0.15) is 0 Å². The third kappa shape index (κ3) is 2.01. The molecule has 0 aliphatic carbocycles. The largest absolute Gasteiger partial charge is 0.330 e. The smallest absolute Gasteiger partial charge is 0.234 e. The van der Waals surface area contributed by atoms with Crippen molar-refractivity contribution in [3.05, 3.63) is 30.6 Å². The molecule has 0 saturated carbocycles. The summed E-state index contributed by atoms with van der Waals surface area (Å²) in [7, 11) is 0. The molecule has 0 fully saturated rings. The molecule has 2 rings (SSSR count). The van der Waals surface area contributed by atoms with E-state index in [4.69, 9.17) is 5.26 Å². The fraction of sp³-hybridized carbons (Fsp3) is 0.182. The minimum atomic E-state index is -0.278. The van der Waals surface area contributed by atoms with Gasteiger partial charge in [-0.15, -0.1) is 0 Å². The molecular weight excluding hydrogens is 204 g/mol. The van der Waals surface area contributed by atoms with Crippen LogP contribution in [0.2, 0.25) is 0 Å². The van der Waals surface area contributed by atoms with Crippen molar-refractivity contribution in [2.75, 3.05) is 0 Å². The standard InChI is InChI=1S/C11H10N4O/c12-7-13-11(16)5-6-15-8-14-9-3-1-2-4-10(9)15/h1-4,8H,5-6H2,(H,13,16). The van der Waals surface area contributed by atoms with Crippen molar-refractivity contribution in [3.63, 3.8) is 0 Å².